The Balaban J connectivity index is 1.85. The number of hydrogen-bond donors (Lipinski definition) is 1. The highest BCUT2D eigenvalue weighted by Crippen LogP contribution is 2.16. The van der Waals surface area contributed by atoms with Crippen LogP contribution in [0.25, 0.3) is 0 Å². The summed E-state index contributed by atoms with van der Waals surface area (Å²) >= 11 is 0. The van der Waals surface area contributed by atoms with E-state index < -0.39 is 0 Å². The van der Waals surface area contributed by atoms with Gasteiger partial charge >= 0.3 is 0 Å². The van der Waals surface area contributed by atoms with E-state index >= 15 is 0 Å². The Kier molecular flexibility index (Phi) is 4.64. The predicted molar refractivity (Wildman–Crippen MR) is 75.4 cm³/mol. The third-order valence-corrected chi connectivity index (χ3v) is 3.89. The van der Waals surface area contributed by atoms with Gasteiger partial charge in [0.2, 0.25) is 0 Å². The van der Waals surface area contributed by atoms with E-state index in [2.05, 4.69) is 17.1 Å². The zero-order valence-corrected chi connectivity index (χ0v) is 12.2. The van der Waals surface area contributed by atoms with Crippen molar-refractivity contribution in [3.05, 3.63) is 23.2 Å². The van der Waals surface area contributed by atoms with Crippen molar-refractivity contribution in [2.24, 2.45) is 5.92 Å². The van der Waals surface area contributed by atoms with Crippen LogP contribution in [0.2, 0.25) is 0 Å². The van der Waals surface area contributed by atoms with Gasteiger partial charge in [0.05, 0.1) is 5.56 Å². The van der Waals surface area contributed by atoms with Crippen molar-refractivity contribution in [3.8, 4) is 0 Å². The first-order valence-corrected chi connectivity index (χ1v) is 7.17. The molecular formula is C15H24N2O2. The third-order valence-electron chi connectivity index (χ3n) is 3.89. The molecular weight excluding hydrogens is 240 g/mol. The topological polar surface area (TPSA) is 45.5 Å². The lowest BCUT2D eigenvalue weighted by atomic mass is 9.98. The molecule has 1 aliphatic heterocycles. The van der Waals surface area contributed by atoms with Crippen molar-refractivity contribution >= 4 is 5.91 Å². The monoisotopic (exact) mass is 264 g/mol. The molecule has 1 aliphatic rings. The molecule has 2 heterocycles. The molecule has 0 spiro atoms. The van der Waals surface area contributed by atoms with Crippen LogP contribution in [0.3, 0.4) is 0 Å². The maximum Gasteiger partial charge on any atom is 0.254 e. The van der Waals surface area contributed by atoms with Crippen LogP contribution in [0.15, 0.2) is 10.5 Å². The number of likely N-dealkylation sites (tertiary alicyclic amines) is 1. The summed E-state index contributed by atoms with van der Waals surface area (Å²) in [6, 6.07) is 1.81. The lowest BCUT2D eigenvalue weighted by Crippen LogP contribution is -2.40. The molecule has 0 bridgehead atoms. The van der Waals surface area contributed by atoms with Crippen LogP contribution in [0.4, 0.5) is 0 Å². The molecule has 1 fully saturated rings. The van der Waals surface area contributed by atoms with Crippen molar-refractivity contribution in [2.75, 3.05) is 26.2 Å². The molecule has 1 amide bonds. The molecule has 1 aromatic heterocycles. The van der Waals surface area contributed by atoms with E-state index in [9.17, 15) is 4.79 Å². The highest BCUT2D eigenvalue weighted by atomic mass is 16.3. The molecule has 4 nitrogen and oxygen atoms in total. The minimum atomic E-state index is -0.0111. The third kappa shape index (κ3) is 3.60. The largest absolute Gasteiger partial charge is 0.466 e. The maximum atomic E-state index is 12.1. The lowest BCUT2D eigenvalue weighted by molar-refractivity contribution is 0.0932. The van der Waals surface area contributed by atoms with Crippen molar-refractivity contribution in [1.29, 1.82) is 0 Å². The first kappa shape index (κ1) is 14.1. The number of nitrogens with one attached hydrogen (secondary N) is 1. The van der Waals surface area contributed by atoms with Crippen molar-refractivity contribution < 1.29 is 9.21 Å². The van der Waals surface area contributed by atoms with Crippen LogP contribution in [0.5, 0.6) is 0 Å². The SMILES string of the molecule is CCN1CCCC(CNC(=O)c2cc(C)oc2C)C1. The molecule has 1 N–H and O–H groups in total. The number of carbonyl (C=O) groups excluding carboxylic acids is 1. The fraction of sp³-hybridized carbons (Fsp3) is 0.667. The zero-order valence-electron chi connectivity index (χ0n) is 12.2. The van der Waals surface area contributed by atoms with Crippen LogP contribution in [-0.4, -0.2) is 37.0 Å². The molecule has 19 heavy (non-hydrogen) atoms. The second kappa shape index (κ2) is 6.24. The summed E-state index contributed by atoms with van der Waals surface area (Å²) in [6.45, 7) is 10.1. The first-order valence-electron chi connectivity index (χ1n) is 7.17. The van der Waals surface area contributed by atoms with Gasteiger partial charge in [0, 0.05) is 13.1 Å². The van der Waals surface area contributed by atoms with Crippen LogP contribution >= 0.6 is 0 Å². The highest BCUT2D eigenvalue weighted by Gasteiger charge is 2.20. The van der Waals surface area contributed by atoms with Gasteiger partial charge in [-0.15, -0.1) is 0 Å². The lowest BCUT2D eigenvalue weighted by Gasteiger charge is -2.31. The maximum absolute atomic E-state index is 12.1. The second-order valence-corrected chi connectivity index (χ2v) is 5.44. The van der Waals surface area contributed by atoms with Crippen LogP contribution in [0, 0.1) is 19.8 Å². The Hall–Kier alpha value is -1.29. The van der Waals surface area contributed by atoms with Crippen molar-refractivity contribution in [3.63, 3.8) is 0 Å². The number of amides is 1. The van der Waals surface area contributed by atoms with Gasteiger partial charge in [0.1, 0.15) is 11.5 Å². The number of rotatable bonds is 4. The number of aryl methyl sites for hydroxylation is 2. The Morgan fingerprint density at radius 3 is 2.95 bits per heavy atom. The average molecular weight is 264 g/mol. The van der Waals surface area contributed by atoms with Gasteiger partial charge in [-0.05, 0) is 51.8 Å². The summed E-state index contributed by atoms with van der Waals surface area (Å²) in [5.41, 5.74) is 0.667. The van der Waals surface area contributed by atoms with Crippen LogP contribution in [0.1, 0.15) is 41.6 Å². The molecule has 2 rings (SSSR count). The van der Waals surface area contributed by atoms with E-state index in [0.717, 1.165) is 25.4 Å². The first-order chi connectivity index (χ1) is 9.10. The molecule has 1 unspecified atom stereocenters. The van der Waals surface area contributed by atoms with Gasteiger partial charge in [-0.1, -0.05) is 6.92 Å². The van der Waals surface area contributed by atoms with Crippen molar-refractivity contribution in [1.82, 2.24) is 10.2 Å². The van der Waals surface area contributed by atoms with E-state index in [1.165, 1.54) is 19.4 Å². The summed E-state index contributed by atoms with van der Waals surface area (Å²) < 4.78 is 5.39. The van der Waals surface area contributed by atoms with E-state index in [1.807, 2.05) is 19.9 Å². The molecule has 4 heteroatoms. The van der Waals surface area contributed by atoms with Gasteiger partial charge in [-0.2, -0.15) is 0 Å². The number of piperidine rings is 1. The summed E-state index contributed by atoms with van der Waals surface area (Å²) in [4.78, 5) is 14.5. The number of furan rings is 1. The van der Waals surface area contributed by atoms with Gasteiger partial charge in [-0.25, -0.2) is 0 Å². The summed E-state index contributed by atoms with van der Waals surface area (Å²) in [5.74, 6) is 2.06. The molecule has 106 valence electrons. The Morgan fingerprint density at radius 1 is 1.53 bits per heavy atom. The van der Waals surface area contributed by atoms with E-state index in [4.69, 9.17) is 4.42 Å². The quantitative estimate of drug-likeness (QED) is 0.908. The smallest absolute Gasteiger partial charge is 0.254 e. The fourth-order valence-corrected chi connectivity index (χ4v) is 2.79. The summed E-state index contributed by atoms with van der Waals surface area (Å²) in [7, 11) is 0. The normalized spacial score (nSPS) is 20.5. The molecule has 1 saturated heterocycles. The number of nitrogens with zero attached hydrogens (tertiary/aromatic N) is 1. The molecule has 0 aromatic carbocycles. The van der Waals surface area contributed by atoms with Gasteiger partial charge in [-0.3, -0.25) is 4.79 Å². The van der Waals surface area contributed by atoms with E-state index in [0.29, 0.717) is 17.2 Å². The minimum absolute atomic E-state index is 0.0111. The Bertz CT molecular complexity index is 439. The molecule has 0 aliphatic carbocycles. The van der Waals surface area contributed by atoms with Gasteiger partial charge in [0.15, 0.2) is 0 Å². The fourth-order valence-electron chi connectivity index (χ4n) is 2.79. The van der Waals surface area contributed by atoms with Gasteiger partial charge in [0.25, 0.3) is 5.91 Å². The highest BCUT2D eigenvalue weighted by molar-refractivity contribution is 5.95. The molecule has 0 saturated carbocycles. The zero-order chi connectivity index (χ0) is 13.8. The molecule has 1 atom stereocenters. The standard InChI is InChI=1S/C15H24N2O2/c1-4-17-7-5-6-13(10-17)9-16-15(18)14-8-11(2)19-12(14)3/h8,13H,4-7,9-10H2,1-3H3,(H,16,18). The molecule has 1 aromatic rings. The van der Waals surface area contributed by atoms with Gasteiger partial charge < -0.3 is 14.6 Å². The average Bonchev–Trinajstić information content (AvgIpc) is 2.75. The van der Waals surface area contributed by atoms with E-state index in [-0.39, 0.29) is 5.91 Å². The van der Waals surface area contributed by atoms with E-state index in [1.54, 1.807) is 0 Å². The number of hydrogen-bond acceptors (Lipinski definition) is 3. The minimum Gasteiger partial charge on any atom is -0.466 e. The molecule has 0 radical (unpaired) electrons. The van der Waals surface area contributed by atoms with Crippen LogP contribution in [-0.2, 0) is 0 Å². The Labute approximate surface area is 115 Å². The predicted octanol–water partition coefficient (Wildman–Crippen LogP) is 2.36. The Morgan fingerprint density at radius 2 is 2.32 bits per heavy atom. The summed E-state index contributed by atoms with van der Waals surface area (Å²) in [5, 5.41) is 3.04. The second-order valence-electron chi connectivity index (χ2n) is 5.44. The van der Waals surface area contributed by atoms with Crippen molar-refractivity contribution in [2.45, 2.75) is 33.6 Å². The summed E-state index contributed by atoms with van der Waals surface area (Å²) in [6.07, 6.45) is 2.44. The van der Waals surface area contributed by atoms with Crippen LogP contribution < -0.4 is 5.32 Å². The number of carbonyl (C=O) groups is 1.